The molecule has 148 valence electrons. The van der Waals surface area contributed by atoms with Crippen LogP contribution in [-0.4, -0.2) is 42.7 Å². The molecule has 6 nitrogen and oxygen atoms in total. The first-order chi connectivity index (χ1) is 13.0. The quantitative estimate of drug-likeness (QED) is 0.579. The van der Waals surface area contributed by atoms with Gasteiger partial charge in [-0.25, -0.2) is 0 Å². The molecule has 27 heavy (non-hydrogen) atoms. The highest BCUT2D eigenvalue weighted by molar-refractivity contribution is 9.10. The van der Waals surface area contributed by atoms with Crippen LogP contribution in [-0.2, 0) is 12.8 Å². The second-order valence-electron chi connectivity index (χ2n) is 5.65. The summed E-state index contributed by atoms with van der Waals surface area (Å²) in [6, 6.07) is 5.88. The summed E-state index contributed by atoms with van der Waals surface area (Å²) in [5.41, 5.74) is 2.05. The molecule has 0 aliphatic heterocycles. The lowest BCUT2D eigenvalue weighted by molar-refractivity contribution is 0.320. The van der Waals surface area contributed by atoms with E-state index in [9.17, 15) is 0 Å². The third-order valence-electron chi connectivity index (χ3n) is 4.24. The Labute approximate surface area is 168 Å². The Bertz CT molecular complexity index is 766. The van der Waals surface area contributed by atoms with Gasteiger partial charge in [0, 0.05) is 0 Å². The second kappa shape index (κ2) is 9.60. The van der Waals surface area contributed by atoms with Crippen molar-refractivity contribution >= 4 is 15.9 Å². The van der Waals surface area contributed by atoms with Crippen LogP contribution in [0.5, 0.6) is 34.5 Å². The van der Waals surface area contributed by atoms with Gasteiger partial charge in [-0.15, -0.1) is 0 Å². The minimum atomic E-state index is 0.564. The minimum absolute atomic E-state index is 0.564. The Kier molecular flexibility index (Phi) is 7.47. The number of methoxy groups -OCH3 is 6. The minimum Gasteiger partial charge on any atom is -0.493 e. The molecule has 7 heteroatoms. The van der Waals surface area contributed by atoms with Crippen LogP contribution in [0.25, 0.3) is 0 Å². The molecule has 0 saturated carbocycles. The molecule has 0 heterocycles. The molecular weight excluding hydrogens is 416 g/mol. The third kappa shape index (κ3) is 4.35. The summed E-state index contributed by atoms with van der Waals surface area (Å²) in [5.74, 6) is 3.67. The Balaban J connectivity index is 2.38. The molecule has 0 aliphatic rings. The molecule has 2 aromatic carbocycles. The van der Waals surface area contributed by atoms with Crippen molar-refractivity contribution in [2.75, 3.05) is 42.7 Å². The van der Waals surface area contributed by atoms with E-state index >= 15 is 0 Å². The first kappa shape index (κ1) is 21.0. The highest BCUT2D eigenvalue weighted by atomic mass is 79.9. The first-order valence-electron chi connectivity index (χ1n) is 8.30. The molecule has 0 atom stereocenters. The molecule has 0 amide bonds. The predicted octanol–water partition coefficient (Wildman–Crippen LogP) is 4.29. The first-order valence-corrected chi connectivity index (χ1v) is 9.10. The lowest BCUT2D eigenvalue weighted by atomic mass is 10.0. The normalized spacial score (nSPS) is 10.3. The number of benzene rings is 2. The van der Waals surface area contributed by atoms with Crippen LogP contribution in [0.15, 0.2) is 22.7 Å². The summed E-state index contributed by atoms with van der Waals surface area (Å²) in [7, 11) is 9.61. The maximum atomic E-state index is 5.58. The molecular formula is C20H25BrO6. The van der Waals surface area contributed by atoms with Gasteiger partial charge in [-0.3, -0.25) is 0 Å². The summed E-state index contributed by atoms with van der Waals surface area (Å²) >= 11 is 3.54. The van der Waals surface area contributed by atoms with Gasteiger partial charge in [-0.05, 0) is 58.1 Å². The van der Waals surface area contributed by atoms with Gasteiger partial charge in [0.25, 0.3) is 0 Å². The van der Waals surface area contributed by atoms with Crippen molar-refractivity contribution in [3.8, 4) is 34.5 Å². The standard InChI is InChI=1S/C20H25BrO6/c1-22-15-9-12(10-16(23-2)19(15)26-5)7-8-13-11-14(21)18(25-4)20(27-6)17(13)24-3/h9-11H,7-8H2,1-6H3. The molecule has 0 fully saturated rings. The van der Waals surface area contributed by atoms with Crippen LogP contribution < -0.4 is 28.4 Å². The number of halogens is 1. The van der Waals surface area contributed by atoms with Crippen LogP contribution in [0.3, 0.4) is 0 Å². The third-order valence-corrected chi connectivity index (χ3v) is 4.83. The maximum absolute atomic E-state index is 5.58. The summed E-state index contributed by atoms with van der Waals surface area (Å²) < 4.78 is 33.5. The smallest absolute Gasteiger partial charge is 0.204 e. The molecule has 0 unspecified atom stereocenters. The van der Waals surface area contributed by atoms with Gasteiger partial charge < -0.3 is 28.4 Å². The van der Waals surface area contributed by atoms with E-state index in [-0.39, 0.29) is 0 Å². The van der Waals surface area contributed by atoms with E-state index in [0.717, 1.165) is 28.4 Å². The lowest BCUT2D eigenvalue weighted by Crippen LogP contribution is -2.02. The van der Waals surface area contributed by atoms with E-state index in [1.165, 1.54) is 0 Å². The molecule has 0 bridgehead atoms. The Morgan fingerprint density at radius 3 is 1.56 bits per heavy atom. The van der Waals surface area contributed by atoms with Crippen LogP contribution in [0.2, 0.25) is 0 Å². The highest BCUT2D eigenvalue weighted by Crippen LogP contribution is 2.45. The number of hydrogen-bond acceptors (Lipinski definition) is 6. The maximum Gasteiger partial charge on any atom is 0.204 e. The summed E-state index contributed by atoms with van der Waals surface area (Å²) in [6.07, 6.45) is 1.47. The fourth-order valence-electron chi connectivity index (χ4n) is 2.99. The van der Waals surface area contributed by atoms with E-state index in [1.807, 2.05) is 18.2 Å². The van der Waals surface area contributed by atoms with E-state index in [2.05, 4.69) is 15.9 Å². The summed E-state index contributed by atoms with van der Waals surface area (Å²) in [4.78, 5) is 0. The van der Waals surface area contributed by atoms with Crippen molar-refractivity contribution in [3.05, 3.63) is 33.8 Å². The zero-order valence-corrected chi connectivity index (χ0v) is 18.1. The molecule has 2 rings (SSSR count). The van der Waals surface area contributed by atoms with Crippen LogP contribution in [0, 0.1) is 0 Å². The average Bonchev–Trinajstić information content (AvgIpc) is 2.70. The fraction of sp³-hybridized carbons (Fsp3) is 0.400. The molecule has 0 N–H and O–H groups in total. The Morgan fingerprint density at radius 2 is 1.11 bits per heavy atom. The molecule has 0 saturated heterocycles. The Morgan fingerprint density at radius 1 is 0.593 bits per heavy atom. The number of rotatable bonds is 9. The fourth-order valence-corrected chi connectivity index (χ4v) is 3.60. The van der Waals surface area contributed by atoms with Crippen molar-refractivity contribution in [2.24, 2.45) is 0 Å². The zero-order chi connectivity index (χ0) is 20.0. The van der Waals surface area contributed by atoms with Gasteiger partial charge >= 0.3 is 0 Å². The van der Waals surface area contributed by atoms with Crippen molar-refractivity contribution in [2.45, 2.75) is 12.8 Å². The van der Waals surface area contributed by atoms with Gasteiger partial charge in [-0.2, -0.15) is 0 Å². The molecule has 0 spiro atoms. The topological polar surface area (TPSA) is 55.4 Å². The predicted molar refractivity (Wildman–Crippen MR) is 107 cm³/mol. The van der Waals surface area contributed by atoms with Gasteiger partial charge in [0.05, 0.1) is 47.1 Å². The SMILES string of the molecule is COc1cc(CCc2cc(Br)c(OC)c(OC)c2OC)cc(OC)c1OC. The van der Waals surface area contributed by atoms with Crippen LogP contribution >= 0.6 is 15.9 Å². The monoisotopic (exact) mass is 440 g/mol. The number of ether oxygens (including phenoxy) is 6. The van der Waals surface area contributed by atoms with Crippen molar-refractivity contribution < 1.29 is 28.4 Å². The molecule has 0 radical (unpaired) electrons. The largest absolute Gasteiger partial charge is 0.493 e. The van der Waals surface area contributed by atoms with Crippen molar-refractivity contribution in [3.63, 3.8) is 0 Å². The van der Waals surface area contributed by atoms with Crippen LogP contribution in [0.4, 0.5) is 0 Å². The average molecular weight is 441 g/mol. The lowest BCUT2D eigenvalue weighted by Gasteiger charge is -2.18. The van der Waals surface area contributed by atoms with Gasteiger partial charge in [0.2, 0.25) is 11.5 Å². The second-order valence-corrected chi connectivity index (χ2v) is 6.51. The van der Waals surface area contributed by atoms with Gasteiger partial charge in [0.15, 0.2) is 23.0 Å². The Hall–Kier alpha value is -2.28. The van der Waals surface area contributed by atoms with Gasteiger partial charge in [-0.1, -0.05) is 0 Å². The van der Waals surface area contributed by atoms with Crippen LogP contribution in [0.1, 0.15) is 11.1 Å². The summed E-state index contributed by atoms with van der Waals surface area (Å²) in [6.45, 7) is 0. The number of aryl methyl sites for hydroxylation is 2. The van der Waals surface area contributed by atoms with E-state index in [1.54, 1.807) is 42.7 Å². The number of hydrogen-bond donors (Lipinski definition) is 0. The molecule has 2 aromatic rings. The molecule has 0 aliphatic carbocycles. The molecule has 0 aromatic heterocycles. The van der Waals surface area contributed by atoms with Crippen molar-refractivity contribution in [1.29, 1.82) is 0 Å². The summed E-state index contributed by atoms with van der Waals surface area (Å²) in [5, 5.41) is 0. The van der Waals surface area contributed by atoms with Crippen molar-refractivity contribution in [1.82, 2.24) is 0 Å². The highest BCUT2D eigenvalue weighted by Gasteiger charge is 2.20. The van der Waals surface area contributed by atoms with E-state index < -0.39 is 0 Å². The van der Waals surface area contributed by atoms with E-state index in [4.69, 9.17) is 28.4 Å². The zero-order valence-electron chi connectivity index (χ0n) is 16.5. The van der Waals surface area contributed by atoms with E-state index in [0.29, 0.717) is 34.5 Å². The van der Waals surface area contributed by atoms with Gasteiger partial charge in [0.1, 0.15) is 0 Å².